The summed E-state index contributed by atoms with van der Waals surface area (Å²) in [5, 5.41) is 19.0. The Kier molecular flexibility index (Phi) is 1.66. The van der Waals surface area contributed by atoms with Crippen LogP contribution in [0.3, 0.4) is 0 Å². The highest BCUT2D eigenvalue weighted by atomic mass is 16.3. The summed E-state index contributed by atoms with van der Waals surface area (Å²) in [7, 11) is 0. The van der Waals surface area contributed by atoms with E-state index < -0.39 is 5.60 Å². The van der Waals surface area contributed by atoms with Crippen molar-refractivity contribution < 1.29 is 5.11 Å². The van der Waals surface area contributed by atoms with Crippen LogP contribution in [0.25, 0.3) is 0 Å². The topological polar surface area (TPSA) is 44.0 Å². The number of nitriles is 1. The summed E-state index contributed by atoms with van der Waals surface area (Å²) in [5.41, 5.74) is -0.641. The maximum absolute atomic E-state index is 10.2. The standard InChI is InChI=1S/C10H15NO/c1-7(6-11)10(12)4-2-3-8-5-9(8)10/h7-9,12H,2-5H2,1H3. The summed E-state index contributed by atoms with van der Waals surface area (Å²) in [6, 6.07) is 2.18. The fourth-order valence-electron chi connectivity index (χ4n) is 2.66. The first kappa shape index (κ1) is 8.07. The molecule has 2 aliphatic carbocycles. The number of nitrogens with zero attached hydrogens (tertiary/aromatic N) is 1. The molecule has 4 unspecified atom stereocenters. The van der Waals surface area contributed by atoms with E-state index in [0.717, 1.165) is 25.2 Å². The first-order valence-corrected chi connectivity index (χ1v) is 4.80. The Hall–Kier alpha value is -0.550. The first-order chi connectivity index (χ1) is 5.68. The van der Waals surface area contributed by atoms with Gasteiger partial charge in [-0.3, -0.25) is 0 Å². The van der Waals surface area contributed by atoms with Gasteiger partial charge in [0, 0.05) is 0 Å². The van der Waals surface area contributed by atoms with Gasteiger partial charge >= 0.3 is 0 Å². The molecular formula is C10H15NO. The fourth-order valence-corrected chi connectivity index (χ4v) is 2.66. The van der Waals surface area contributed by atoms with Crippen molar-refractivity contribution in [3.05, 3.63) is 0 Å². The zero-order valence-corrected chi connectivity index (χ0v) is 7.45. The molecule has 66 valence electrons. The van der Waals surface area contributed by atoms with Crippen LogP contribution >= 0.6 is 0 Å². The molecule has 2 rings (SSSR count). The summed E-state index contributed by atoms with van der Waals surface area (Å²) in [6.45, 7) is 1.85. The Morgan fingerprint density at radius 1 is 1.67 bits per heavy atom. The minimum Gasteiger partial charge on any atom is -0.388 e. The lowest BCUT2D eigenvalue weighted by atomic mass is 9.76. The summed E-state index contributed by atoms with van der Waals surface area (Å²) in [6.07, 6.45) is 4.36. The molecule has 2 saturated carbocycles. The van der Waals surface area contributed by atoms with E-state index >= 15 is 0 Å². The molecule has 2 heteroatoms. The summed E-state index contributed by atoms with van der Waals surface area (Å²) in [4.78, 5) is 0. The van der Waals surface area contributed by atoms with Gasteiger partial charge in [-0.25, -0.2) is 0 Å². The minimum atomic E-state index is -0.641. The van der Waals surface area contributed by atoms with Crippen molar-refractivity contribution in [3.8, 4) is 6.07 Å². The van der Waals surface area contributed by atoms with Gasteiger partial charge in [0.2, 0.25) is 0 Å². The molecule has 0 aliphatic heterocycles. The molecule has 0 heterocycles. The van der Waals surface area contributed by atoms with Gasteiger partial charge in [-0.15, -0.1) is 0 Å². The van der Waals surface area contributed by atoms with E-state index in [9.17, 15) is 5.11 Å². The molecule has 12 heavy (non-hydrogen) atoms. The average Bonchev–Trinajstić information content (AvgIpc) is 2.83. The largest absolute Gasteiger partial charge is 0.388 e. The third kappa shape index (κ3) is 0.964. The van der Waals surface area contributed by atoms with Crippen LogP contribution in [0.15, 0.2) is 0 Å². The van der Waals surface area contributed by atoms with Gasteiger partial charge in [0.05, 0.1) is 17.6 Å². The van der Waals surface area contributed by atoms with E-state index in [4.69, 9.17) is 5.26 Å². The van der Waals surface area contributed by atoms with E-state index in [-0.39, 0.29) is 5.92 Å². The Labute approximate surface area is 73.2 Å². The van der Waals surface area contributed by atoms with E-state index in [2.05, 4.69) is 6.07 Å². The number of rotatable bonds is 1. The lowest BCUT2D eigenvalue weighted by Crippen LogP contribution is -2.40. The molecule has 0 bridgehead atoms. The quantitative estimate of drug-likeness (QED) is 0.642. The Morgan fingerprint density at radius 2 is 2.42 bits per heavy atom. The molecule has 4 atom stereocenters. The second kappa shape index (κ2) is 2.47. The molecule has 0 aromatic heterocycles. The van der Waals surface area contributed by atoms with Crippen molar-refractivity contribution in [1.29, 1.82) is 5.26 Å². The van der Waals surface area contributed by atoms with Gasteiger partial charge in [0.15, 0.2) is 0 Å². The molecular weight excluding hydrogens is 150 g/mol. The second-order valence-corrected chi connectivity index (χ2v) is 4.34. The Bertz CT molecular complexity index is 232. The normalized spacial score (nSPS) is 47.4. The van der Waals surface area contributed by atoms with Crippen molar-refractivity contribution in [3.63, 3.8) is 0 Å². The highest BCUT2D eigenvalue weighted by molar-refractivity contribution is 5.10. The molecule has 1 N–H and O–H groups in total. The molecule has 2 aliphatic rings. The molecule has 0 amide bonds. The molecule has 0 saturated heterocycles. The van der Waals surface area contributed by atoms with Gasteiger partial charge in [0.25, 0.3) is 0 Å². The van der Waals surface area contributed by atoms with Crippen LogP contribution in [0.5, 0.6) is 0 Å². The predicted molar refractivity (Wildman–Crippen MR) is 45.2 cm³/mol. The van der Waals surface area contributed by atoms with Crippen molar-refractivity contribution in [2.45, 2.75) is 38.2 Å². The lowest BCUT2D eigenvalue weighted by Gasteiger charge is -2.34. The highest BCUT2D eigenvalue weighted by Crippen LogP contribution is 2.57. The zero-order chi connectivity index (χ0) is 8.77. The Balaban J connectivity index is 2.14. The molecule has 0 radical (unpaired) electrons. The first-order valence-electron chi connectivity index (χ1n) is 4.80. The van der Waals surface area contributed by atoms with Crippen LogP contribution in [0, 0.1) is 29.1 Å². The van der Waals surface area contributed by atoms with E-state index in [1.807, 2.05) is 6.92 Å². The SMILES string of the molecule is CC(C#N)C1(O)CCCC2CC21. The van der Waals surface area contributed by atoms with Crippen molar-refractivity contribution in [2.24, 2.45) is 17.8 Å². The van der Waals surface area contributed by atoms with Crippen LogP contribution in [0.4, 0.5) is 0 Å². The van der Waals surface area contributed by atoms with Crippen LogP contribution < -0.4 is 0 Å². The van der Waals surface area contributed by atoms with Gasteiger partial charge in [-0.2, -0.15) is 5.26 Å². The van der Waals surface area contributed by atoms with Crippen molar-refractivity contribution in [1.82, 2.24) is 0 Å². The van der Waals surface area contributed by atoms with Crippen LogP contribution in [0.1, 0.15) is 32.6 Å². The maximum atomic E-state index is 10.2. The van der Waals surface area contributed by atoms with Crippen molar-refractivity contribution >= 4 is 0 Å². The fraction of sp³-hybridized carbons (Fsp3) is 0.900. The molecule has 0 aromatic carbocycles. The van der Waals surface area contributed by atoms with E-state index in [1.165, 1.54) is 6.42 Å². The van der Waals surface area contributed by atoms with Gasteiger partial charge < -0.3 is 5.11 Å². The Morgan fingerprint density at radius 3 is 3.08 bits per heavy atom. The van der Waals surface area contributed by atoms with E-state index in [0.29, 0.717) is 5.92 Å². The molecule has 2 nitrogen and oxygen atoms in total. The second-order valence-electron chi connectivity index (χ2n) is 4.34. The van der Waals surface area contributed by atoms with Gasteiger partial charge in [0.1, 0.15) is 0 Å². The monoisotopic (exact) mass is 165 g/mol. The van der Waals surface area contributed by atoms with Crippen LogP contribution in [-0.4, -0.2) is 10.7 Å². The third-order valence-electron chi connectivity index (χ3n) is 3.66. The number of hydrogen-bond acceptors (Lipinski definition) is 2. The third-order valence-corrected chi connectivity index (χ3v) is 3.66. The lowest BCUT2D eigenvalue weighted by molar-refractivity contribution is -0.0393. The van der Waals surface area contributed by atoms with Gasteiger partial charge in [-0.05, 0) is 38.0 Å². The van der Waals surface area contributed by atoms with Crippen LogP contribution in [-0.2, 0) is 0 Å². The number of fused-ring (bicyclic) bond motifs is 1. The summed E-state index contributed by atoms with van der Waals surface area (Å²) in [5.74, 6) is 0.994. The van der Waals surface area contributed by atoms with Crippen molar-refractivity contribution in [2.75, 3.05) is 0 Å². The predicted octanol–water partition coefficient (Wildman–Crippen LogP) is 1.70. The number of aliphatic hydroxyl groups is 1. The molecule has 0 spiro atoms. The van der Waals surface area contributed by atoms with Gasteiger partial charge in [-0.1, -0.05) is 6.42 Å². The van der Waals surface area contributed by atoms with Crippen LogP contribution in [0.2, 0.25) is 0 Å². The highest BCUT2D eigenvalue weighted by Gasteiger charge is 2.56. The smallest absolute Gasteiger partial charge is 0.0833 e. The maximum Gasteiger partial charge on any atom is 0.0833 e. The molecule has 0 aromatic rings. The number of hydrogen-bond donors (Lipinski definition) is 1. The summed E-state index contributed by atoms with van der Waals surface area (Å²) >= 11 is 0. The van der Waals surface area contributed by atoms with E-state index in [1.54, 1.807) is 0 Å². The molecule has 2 fully saturated rings. The summed E-state index contributed by atoms with van der Waals surface area (Å²) < 4.78 is 0. The zero-order valence-electron chi connectivity index (χ0n) is 7.45. The minimum absolute atomic E-state index is 0.187. The average molecular weight is 165 g/mol.